The van der Waals surface area contributed by atoms with E-state index in [1.54, 1.807) is 27.7 Å². The predicted octanol–water partition coefficient (Wildman–Crippen LogP) is -2.20. The Labute approximate surface area is 186 Å². The largest absolute Gasteiger partial charge is 0.461 e. The summed E-state index contributed by atoms with van der Waals surface area (Å²) in [6.45, 7) is 9.88. The minimum atomic E-state index is -1.69. The number of nitrogens with one attached hydrogen (secondary N) is 5. The van der Waals surface area contributed by atoms with Gasteiger partial charge in [-0.05, 0) is 34.6 Å². The number of rotatable bonds is 13. The number of carbonyl (C=O) groups is 6. The van der Waals surface area contributed by atoms with Crippen LogP contribution in [-0.2, 0) is 38.2 Å². The van der Waals surface area contributed by atoms with Crippen LogP contribution in [0.5, 0.6) is 0 Å². The molecule has 0 aromatic rings. The molecule has 0 spiro atoms. The Morgan fingerprint density at radius 3 is 1.62 bits per heavy atom. The maximum Gasteiger partial charge on any atom is 0.340 e. The van der Waals surface area contributed by atoms with Crippen molar-refractivity contribution in [1.29, 1.82) is 0 Å². The maximum atomic E-state index is 12.1. The predicted molar refractivity (Wildman–Crippen MR) is 111 cm³/mol. The molecule has 0 rings (SSSR count). The Bertz CT molecular complexity index is 713. The van der Waals surface area contributed by atoms with E-state index in [9.17, 15) is 28.8 Å². The highest BCUT2D eigenvalue weighted by atomic mass is 16.6. The van der Waals surface area contributed by atoms with Crippen LogP contribution in [0.3, 0.4) is 0 Å². The summed E-state index contributed by atoms with van der Waals surface area (Å²) in [6.07, 6.45) is -1.05. The lowest BCUT2D eigenvalue weighted by atomic mass is 10.2. The highest BCUT2D eigenvalue weighted by Crippen LogP contribution is 2.00. The van der Waals surface area contributed by atoms with Crippen LogP contribution in [-0.4, -0.2) is 73.5 Å². The lowest BCUT2D eigenvalue weighted by Crippen LogP contribution is -2.52. The zero-order valence-electron chi connectivity index (χ0n) is 18.8. The van der Waals surface area contributed by atoms with E-state index in [-0.39, 0.29) is 12.1 Å². The number of hydrogen-bond acceptors (Lipinski definition) is 9. The zero-order chi connectivity index (χ0) is 24.8. The van der Waals surface area contributed by atoms with Crippen molar-refractivity contribution in [2.45, 2.75) is 52.9 Å². The van der Waals surface area contributed by atoms with E-state index in [2.05, 4.69) is 33.4 Å². The van der Waals surface area contributed by atoms with Crippen LogP contribution in [0.25, 0.3) is 0 Å². The standard InChI is InChI=1S/C19H31N5O8/c1-10(2)17(28)24-22-9-14(26)20-7-13(25)21-8-15(27)23-16(18(29)31-11(3)4)19(30)32-12(5)6/h11-12,16,22H,1,7-9H2,2-6H3,(H,20,26)(H,21,25)(H,23,27)(H,24,28). The van der Waals surface area contributed by atoms with Crippen molar-refractivity contribution in [3.63, 3.8) is 0 Å². The molecule has 0 fully saturated rings. The fourth-order valence-electron chi connectivity index (χ4n) is 1.82. The van der Waals surface area contributed by atoms with Gasteiger partial charge in [-0.3, -0.25) is 24.6 Å². The molecule has 0 aromatic heterocycles. The fourth-order valence-corrected chi connectivity index (χ4v) is 1.82. The number of hydrazine groups is 1. The van der Waals surface area contributed by atoms with Crippen molar-refractivity contribution in [1.82, 2.24) is 26.8 Å². The number of carbonyl (C=O) groups excluding carboxylic acids is 6. The summed E-state index contributed by atoms with van der Waals surface area (Å²) in [6, 6.07) is -1.69. The topological polar surface area (TPSA) is 181 Å². The Morgan fingerprint density at radius 2 is 1.19 bits per heavy atom. The number of ether oxygens (including phenoxy) is 2. The quantitative estimate of drug-likeness (QED) is 0.0887. The summed E-state index contributed by atoms with van der Waals surface area (Å²) in [4.78, 5) is 70.8. The molecule has 0 aliphatic carbocycles. The first kappa shape index (κ1) is 28.5. The summed E-state index contributed by atoms with van der Waals surface area (Å²) in [5.74, 6) is -4.63. The highest BCUT2D eigenvalue weighted by molar-refractivity contribution is 6.03. The average Bonchev–Trinajstić information content (AvgIpc) is 2.67. The van der Waals surface area contributed by atoms with Crippen molar-refractivity contribution in [2.75, 3.05) is 19.6 Å². The van der Waals surface area contributed by atoms with Crippen LogP contribution in [0, 0.1) is 0 Å². The molecule has 4 amide bonds. The van der Waals surface area contributed by atoms with Gasteiger partial charge >= 0.3 is 11.9 Å². The van der Waals surface area contributed by atoms with Gasteiger partial charge in [0.1, 0.15) is 0 Å². The summed E-state index contributed by atoms with van der Waals surface area (Å²) in [7, 11) is 0. The van der Waals surface area contributed by atoms with Gasteiger partial charge in [0.25, 0.3) is 5.91 Å². The molecule has 0 aliphatic rings. The van der Waals surface area contributed by atoms with Crippen molar-refractivity contribution < 1.29 is 38.2 Å². The third kappa shape index (κ3) is 13.0. The second kappa shape index (κ2) is 14.5. The van der Waals surface area contributed by atoms with Crippen LogP contribution < -0.4 is 26.8 Å². The zero-order valence-corrected chi connectivity index (χ0v) is 18.8. The lowest BCUT2D eigenvalue weighted by Gasteiger charge is -2.19. The molecule has 13 heteroatoms. The van der Waals surface area contributed by atoms with E-state index in [1.807, 2.05) is 0 Å². The van der Waals surface area contributed by atoms with Gasteiger partial charge in [-0.25, -0.2) is 15.0 Å². The van der Waals surface area contributed by atoms with Crippen LogP contribution >= 0.6 is 0 Å². The van der Waals surface area contributed by atoms with Gasteiger partial charge in [-0.2, -0.15) is 0 Å². The van der Waals surface area contributed by atoms with Crippen LogP contribution in [0.2, 0.25) is 0 Å². The van der Waals surface area contributed by atoms with Crippen molar-refractivity contribution >= 4 is 35.6 Å². The molecule has 0 aliphatic heterocycles. The lowest BCUT2D eigenvalue weighted by molar-refractivity contribution is -0.164. The molecule has 0 atom stereocenters. The van der Waals surface area contributed by atoms with Crippen molar-refractivity contribution in [3.05, 3.63) is 12.2 Å². The highest BCUT2D eigenvalue weighted by Gasteiger charge is 2.32. The normalized spacial score (nSPS) is 10.4. The second-order valence-corrected chi connectivity index (χ2v) is 7.11. The SMILES string of the molecule is C=C(C)C(=O)NNCC(=O)NCC(=O)NCC(=O)NC(C(=O)OC(C)C)C(=O)OC(C)C. The molecule has 0 saturated carbocycles. The molecule has 0 aromatic carbocycles. The molecule has 0 heterocycles. The molecule has 0 unspecified atom stereocenters. The van der Waals surface area contributed by atoms with E-state index in [1.165, 1.54) is 6.92 Å². The Hall–Kier alpha value is -3.48. The Kier molecular flexibility index (Phi) is 12.9. The maximum absolute atomic E-state index is 12.1. The molecule has 0 bridgehead atoms. The van der Waals surface area contributed by atoms with Gasteiger partial charge in [-0.1, -0.05) is 6.58 Å². The second-order valence-electron chi connectivity index (χ2n) is 7.11. The summed E-state index contributed by atoms with van der Waals surface area (Å²) >= 11 is 0. The van der Waals surface area contributed by atoms with Gasteiger partial charge in [0, 0.05) is 5.57 Å². The van der Waals surface area contributed by atoms with Gasteiger partial charge in [0.15, 0.2) is 0 Å². The van der Waals surface area contributed by atoms with Gasteiger partial charge in [0.05, 0.1) is 31.8 Å². The molecular formula is C19H31N5O8. The van der Waals surface area contributed by atoms with E-state index in [4.69, 9.17) is 9.47 Å². The molecule has 5 N–H and O–H groups in total. The van der Waals surface area contributed by atoms with E-state index in [0.717, 1.165) is 0 Å². The number of esters is 2. The smallest absolute Gasteiger partial charge is 0.340 e. The Balaban J connectivity index is 4.48. The summed E-state index contributed by atoms with van der Waals surface area (Å²) < 4.78 is 9.88. The van der Waals surface area contributed by atoms with Crippen LogP contribution in [0.1, 0.15) is 34.6 Å². The fraction of sp³-hybridized carbons (Fsp3) is 0.579. The molecule has 0 saturated heterocycles. The molecule has 32 heavy (non-hydrogen) atoms. The number of amides is 4. The van der Waals surface area contributed by atoms with Crippen LogP contribution in [0.15, 0.2) is 12.2 Å². The average molecular weight is 457 g/mol. The van der Waals surface area contributed by atoms with E-state index in [0.29, 0.717) is 0 Å². The first-order valence-corrected chi connectivity index (χ1v) is 9.75. The first-order chi connectivity index (χ1) is 14.8. The monoisotopic (exact) mass is 457 g/mol. The number of hydrogen-bond donors (Lipinski definition) is 5. The van der Waals surface area contributed by atoms with Crippen molar-refractivity contribution in [3.8, 4) is 0 Å². The summed E-state index contributed by atoms with van der Waals surface area (Å²) in [5, 5.41) is 6.63. The molecule has 13 nitrogen and oxygen atoms in total. The Morgan fingerprint density at radius 1 is 0.750 bits per heavy atom. The van der Waals surface area contributed by atoms with Gasteiger partial charge in [0.2, 0.25) is 23.8 Å². The molecule has 0 radical (unpaired) electrons. The third-order valence-corrected chi connectivity index (χ3v) is 3.21. The van der Waals surface area contributed by atoms with E-state index >= 15 is 0 Å². The summed E-state index contributed by atoms with van der Waals surface area (Å²) in [5.41, 5.74) is 4.82. The minimum Gasteiger partial charge on any atom is -0.461 e. The third-order valence-electron chi connectivity index (χ3n) is 3.21. The molecule has 180 valence electrons. The van der Waals surface area contributed by atoms with Crippen molar-refractivity contribution in [2.24, 2.45) is 0 Å². The minimum absolute atomic E-state index is 0.243. The van der Waals surface area contributed by atoms with Gasteiger partial charge < -0.3 is 25.4 Å². The van der Waals surface area contributed by atoms with Crippen LogP contribution in [0.4, 0.5) is 0 Å². The molecular weight excluding hydrogens is 426 g/mol. The first-order valence-electron chi connectivity index (χ1n) is 9.75. The van der Waals surface area contributed by atoms with Gasteiger partial charge in [-0.15, -0.1) is 0 Å². The van der Waals surface area contributed by atoms with E-state index < -0.39 is 66.9 Å².